The molecule has 8 heteroatoms. The Hall–Kier alpha value is -0.600. The number of carboxylic acids is 1. The molecule has 0 spiro atoms. The maximum atomic E-state index is 11.4. The second-order valence-corrected chi connectivity index (χ2v) is 7.02. The van der Waals surface area contributed by atoms with E-state index in [1.807, 2.05) is 0 Å². The van der Waals surface area contributed by atoms with Gasteiger partial charge in [-0.05, 0) is 0 Å². The molecule has 2 heterocycles. The van der Waals surface area contributed by atoms with Crippen molar-refractivity contribution in [2.24, 2.45) is 4.99 Å². The van der Waals surface area contributed by atoms with Crippen LogP contribution in [0.25, 0.3) is 0 Å². The minimum absolute atomic E-state index is 0.0190. The smallest absolute Gasteiger partial charge is 0.329 e. The third-order valence-electron chi connectivity index (χ3n) is 2.48. The zero-order valence-corrected chi connectivity index (χ0v) is 10.1. The molecule has 0 bridgehead atoms. The number of hydrogen-bond acceptors (Lipinski definition) is 6. The van der Waals surface area contributed by atoms with Crippen LogP contribution in [0.15, 0.2) is 4.99 Å². The van der Waals surface area contributed by atoms with Crippen molar-refractivity contribution in [2.45, 2.75) is 12.1 Å². The van der Waals surface area contributed by atoms with Gasteiger partial charge in [-0.25, -0.2) is 13.2 Å². The molecule has 0 aromatic carbocycles. The standard InChI is InChI=1S/C8H12N2O4S2/c11-8(12)5-3-15-7(10-5)6-4-16(13,14)2-1-9-6/h5-6,9H,1-4H2,(H,11,12). The van der Waals surface area contributed by atoms with Crippen molar-refractivity contribution in [3.63, 3.8) is 0 Å². The van der Waals surface area contributed by atoms with E-state index in [9.17, 15) is 13.2 Å². The fourth-order valence-corrected chi connectivity index (χ4v) is 4.25. The number of nitrogens with one attached hydrogen (secondary N) is 1. The highest BCUT2D eigenvalue weighted by Gasteiger charge is 2.33. The van der Waals surface area contributed by atoms with E-state index in [0.29, 0.717) is 17.3 Å². The summed E-state index contributed by atoms with van der Waals surface area (Å²) in [5.74, 6) is -0.404. The quantitative estimate of drug-likeness (QED) is 0.662. The van der Waals surface area contributed by atoms with Gasteiger partial charge in [0.1, 0.15) is 0 Å². The molecule has 0 amide bonds. The van der Waals surface area contributed by atoms with Crippen LogP contribution < -0.4 is 5.32 Å². The maximum absolute atomic E-state index is 11.4. The van der Waals surface area contributed by atoms with Gasteiger partial charge in [0.25, 0.3) is 0 Å². The number of thioether (sulfide) groups is 1. The Bertz CT molecular complexity index is 431. The number of carboxylic acid groups (broad SMARTS) is 1. The van der Waals surface area contributed by atoms with Gasteiger partial charge in [0, 0.05) is 12.3 Å². The molecule has 2 aliphatic heterocycles. The predicted molar refractivity (Wildman–Crippen MR) is 61.8 cm³/mol. The molecule has 2 aliphatic rings. The van der Waals surface area contributed by atoms with Crippen LogP contribution in [0.2, 0.25) is 0 Å². The van der Waals surface area contributed by atoms with E-state index in [0.717, 1.165) is 0 Å². The highest BCUT2D eigenvalue weighted by Crippen LogP contribution is 2.22. The second-order valence-electron chi connectivity index (χ2n) is 3.75. The van der Waals surface area contributed by atoms with Gasteiger partial charge < -0.3 is 10.4 Å². The summed E-state index contributed by atoms with van der Waals surface area (Å²) in [7, 11) is -3.01. The van der Waals surface area contributed by atoms with E-state index in [2.05, 4.69) is 10.3 Å². The highest BCUT2D eigenvalue weighted by molar-refractivity contribution is 8.14. The molecule has 6 nitrogen and oxygen atoms in total. The number of carbonyl (C=O) groups is 1. The largest absolute Gasteiger partial charge is 0.480 e. The fraction of sp³-hybridized carbons (Fsp3) is 0.750. The van der Waals surface area contributed by atoms with Crippen molar-refractivity contribution in [2.75, 3.05) is 23.8 Å². The van der Waals surface area contributed by atoms with Crippen LogP contribution in [-0.2, 0) is 14.6 Å². The lowest BCUT2D eigenvalue weighted by Gasteiger charge is -2.23. The number of nitrogens with zero attached hydrogens (tertiary/aromatic N) is 1. The number of aliphatic carboxylic acids is 1. The van der Waals surface area contributed by atoms with Gasteiger partial charge in [-0.2, -0.15) is 0 Å². The van der Waals surface area contributed by atoms with Crippen molar-refractivity contribution >= 4 is 32.6 Å². The molecule has 2 atom stereocenters. The van der Waals surface area contributed by atoms with Crippen LogP contribution in [-0.4, -0.2) is 60.4 Å². The molecule has 2 rings (SSSR count). The molecule has 1 fully saturated rings. The summed E-state index contributed by atoms with van der Waals surface area (Å²) in [6.07, 6.45) is 0. The van der Waals surface area contributed by atoms with E-state index >= 15 is 0 Å². The minimum Gasteiger partial charge on any atom is -0.480 e. The first-order chi connectivity index (χ1) is 7.48. The molecular weight excluding hydrogens is 252 g/mol. The van der Waals surface area contributed by atoms with E-state index in [4.69, 9.17) is 5.11 Å². The van der Waals surface area contributed by atoms with Gasteiger partial charge in [0.15, 0.2) is 15.9 Å². The first-order valence-corrected chi connectivity index (χ1v) is 7.66. The first kappa shape index (κ1) is 11.9. The van der Waals surface area contributed by atoms with Gasteiger partial charge in [-0.3, -0.25) is 4.99 Å². The summed E-state index contributed by atoms with van der Waals surface area (Å²) >= 11 is 1.33. The molecule has 16 heavy (non-hydrogen) atoms. The summed E-state index contributed by atoms with van der Waals surface area (Å²) in [6.45, 7) is 0.407. The number of aliphatic imine (C=N–C) groups is 1. The van der Waals surface area contributed by atoms with Crippen LogP contribution in [0.1, 0.15) is 0 Å². The topological polar surface area (TPSA) is 95.8 Å². The SMILES string of the molecule is O=C(O)C1CSC(C2CS(=O)(=O)CCN2)=N1. The summed E-state index contributed by atoms with van der Waals surface area (Å²) in [5, 5.41) is 12.4. The molecule has 0 radical (unpaired) electrons. The van der Waals surface area contributed by atoms with E-state index < -0.39 is 21.8 Å². The zero-order chi connectivity index (χ0) is 11.8. The van der Waals surface area contributed by atoms with Gasteiger partial charge in [0.05, 0.1) is 22.6 Å². The van der Waals surface area contributed by atoms with Crippen LogP contribution in [0.5, 0.6) is 0 Å². The first-order valence-electron chi connectivity index (χ1n) is 4.85. The predicted octanol–water partition coefficient (Wildman–Crippen LogP) is -1.03. The molecule has 1 saturated heterocycles. The Morgan fingerprint density at radius 1 is 1.56 bits per heavy atom. The molecule has 0 saturated carbocycles. The van der Waals surface area contributed by atoms with Gasteiger partial charge in [-0.1, -0.05) is 0 Å². The van der Waals surface area contributed by atoms with Gasteiger partial charge in [0.2, 0.25) is 0 Å². The molecule has 2 unspecified atom stereocenters. The van der Waals surface area contributed by atoms with Crippen LogP contribution in [0.4, 0.5) is 0 Å². The molecule has 90 valence electrons. The van der Waals surface area contributed by atoms with Gasteiger partial charge >= 0.3 is 5.97 Å². The molecular formula is C8H12N2O4S2. The normalized spacial score (nSPS) is 33.4. The summed E-state index contributed by atoms with van der Waals surface area (Å²) in [5.41, 5.74) is 0. The average Bonchev–Trinajstić information content (AvgIpc) is 2.64. The van der Waals surface area contributed by atoms with E-state index in [1.165, 1.54) is 11.8 Å². The fourth-order valence-electron chi connectivity index (χ4n) is 1.65. The maximum Gasteiger partial charge on any atom is 0.329 e. The molecule has 0 aromatic rings. The van der Waals surface area contributed by atoms with Crippen LogP contribution in [0.3, 0.4) is 0 Å². The number of sulfone groups is 1. The lowest BCUT2D eigenvalue weighted by molar-refractivity contribution is -0.137. The summed E-state index contributed by atoms with van der Waals surface area (Å²) in [4.78, 5) is 14.7. The van der Waals surface area contributed by atoms with Crippen molar-refractivity contribution in [1.82, 2.24) is 5.32 Å². The Balaban J connectivity index is 2.09. The lowest BCUT2D eigenvalue weighted by atomic mass is 10.3. The molecule has 0 aliphatic carbocycles. The number of rotatable bonds is 2. The third kappa shape index (κ3) is 2.55. The lowest BCUT2D eigenvalue weighted by Crippen LogP contribution is -2.48. The summed E-state index contributed by atoms with van der Waals surface area (Å²) in [6, 6.07) is -1.06. The van der Waals surface area contributed by atoms with Crippen molar-refractivity contribution < 1.29 is 18.3 Å². The zero-order valence-electron chi connectivity index (χ0n) is 8.42. The third-order valence-corrected chi connectivity index (χ3v) is 5.32. The Morgan fingerprint density at radius 2 is 2.31 bits per heavy atom. The number of hydrogen-bond donors (Lipinski definition) is 2. The molecule has 0 aromatic heterocycles. The average molecular weight is 264 g/mol. The Kier molecular flexibility index (Phi) is 3.22. The van der Waals surface area contributed by atoms with Crippen molar-refractivity contribution in [3.8, 4) is 0 Å². The van der Waals surface area contributed by atoms with Gasteiger partial charge in [-0.15, -0.1) is 11.8 Å². The Morgan fingerprint density at radius 3 is 2.88 bits per heavy atom. The van der Waals surface area contributed by atoms with Crippen LogP contribution in [0, 0.1) is 0 Å². The van der Waals surface area contributed by atoms with Crippen molar-refractivity contribution in [1.29, 1.82) is 0 Å². The highest BCUT2D eigenvalue weighted by atomic mass is 32.2. The van der Waals surface area contributed by atoms with E-state index in [1.54, 1.807) is 0 Å². The van der Waals surface area contributed by atoms with E-state index in [-0.39, 0.29) is 17.5 Å². The van der Waals surface area contributed by atoms with Crippen molar-refractivity contribution in [3.05, 3.63) is 0 Å². The summed E-state index contributed by atoms with van der Waals surface area (Å²) < 4.78 is 22.8. The molecule has 2 N–H and O–H groups in total. The minimum atomic E-state index is -3.01. The Labute approximate surface area is 97.4 Å². The van der Waals surface area contributed by atoms with Crippen LogP contribution >= 0.6 is 11.8 Å². The second kappa shape index (κ2) is 4.34. The monoisotopic (exact) mass is 264 g/mol.